The van der Waals surface area contributed by atoms with Gasteiger partial charge in [-0.25, -0.2) is 0 Å². The van der Waals surface area contributed by atoms with Gasteiger partial charge in [0.25, 0.3) is 0 Å². The molecule has 0 aromatic carbocycles. The number of aliphatic hydroxyl groups excluding tert-OH is 1. The van der Waals surface area contributed by atoms with Crippen molar-refractivity contribution >= 4 is 14.7 Å². The third kappa shape index (κ3) is 12.8. The molecule has 1 unspecified atom stereocenters. The predicted octanol–water partition coefficient (Wildman–Crippen LogP) is 3.65. The van der Waals surface area contributed by atoms with Crippen LogP contribution >= 0.6 is 0 Å². The van der Waals surface area contributed by atoms with Crippen molar-refractivity contribution in [3.8, 4) is 0 Å². The van der Waals surface area contributed by atoms with Crippen molar-refractivity contribution in [3.63, 3.8) is 0 Å². The van der Waals surface area contributed by atoms with E-state index in [0.717, 1.165) is 38.5 Å². The van der Waals surface area contributed by atoms with Crippen LogP contribution in [0.4, 0.5) is 0 Å². The number of hydrogen-bond donors (Lipinski definition) is 2. The van der Waals surface area contributed by atoms with Gasteiger partial charge in [0.05, 0.1) is 6.10 Å². The quantitative estimate of drug-likeness (QED) is 0.275. The van der Waals surface area contributed by atoms with E-state index in [2.05, 4.69) is 12.2 Å². The van der Waals surface area contributed by atoms with E-state index in [1.54, 1.807) is 0 Å². The fourth-order valence-electron chi connectivity index (χ4n) is 2.89. The van der Waals surface area contributed by atoms with Gasteiger partial charge in [0.2, 0.25) is 5.91 Å². The van der Waals surface area contributed by atoms with E-state index in [1.165, 1.54) is 0 Å². The summed E-state index contributed by atoms with van der Waals surface area (Å²) in [5.74, 6) is 0.0438. The Morgan fingerprint density at radius 3 is 2.04 bits per heavy atom. The van der Waals surface area contributed by atoms with Gasteiger partial charge >= 0.3 is 8.80 Å². The summed E-state index contributed by atoms with van der Waals surface area (Å²) < 4.78 is 17.4. The van der Waals surface area contributed by atoms with Crippen molar-refractivity contribution in [1.29, 1.82) is 0 Å². The van der Waals surface area contributed by atoms with E-state index in [-0.39, 0.29) is 12.0 Å². The Bertz CT molecular complexity index is 327. The smallest absolute Gasteiger partial charge is 0.393 e. The topological polar surface area (TPSA) is 77.0 Å². The highest BCUT2D eigenvalue weighted by Gasteiger charge is 2.39. The molecule has 0 rings (SSSR count). The Hall–Kier alpha value is -0.473. The van der Waals surface area contributed by atoms with Crippen molar-refractivity contribution < 1.29 is 23.2 Å². The second kappa shape index (κ2) is 16.7. The van der Waals surface area contributed by atoms with E-state index in [0.29, 0.717) is 45.3 Å². The molecule has 0 aromatic heterocycles. The maximum absolute atomic E-state index is 11.9. The van der Waals surface area contributed by atoms with Gasteiger partial charge in [-0.1, -0.05) is 26.2 Å². The number of nitrogens with one attached hydrogen (secondary N) is 1. The van der Waals surface area contributed by atoms with Crippen molar-refractivity contribution in [2.75, 3.05) is 26.4 Å². The number of carbonyl (C=O) groups is 1. The number of unbranched alkanes of at least 4 members (excludes halogenated alkanes) is 2. The summed E-state index contributed by atoms with van der Waals surface area (Å²) in [6.45, 7) is 10.3. The molecule has 0 saturated carbocycles. The summed E-state index contributed by atoms with van der Waals surface area (Å²) >= 11 is 0. The van der Waals surface area contributed by atoms with Crippen LogP contribution in [0.15, 0.2) is 0 Å². The summed E-state index contributed by atoms with van der Waals surface area (Å²) in [4.78, 5) is 11.9. The lowest BCUT2D eigenvalue weighted by molar-refractivity contribution is -0.121. The first kappa shape index (κ1) is 25.5. The molecule has 0 saturated heterocycles. The lowest BCUT2D eigenvalue weighted by Gasteiger charge is -2.28. The van der Waals surface area contributed by atoms with Crippen LogP contribution in [-0.4, -0.2) is 52.3 Å². The molecule has 7 heteroatoms. The first-order chi connectivity index (χ1) is 12.5. The molecule has 156 valence electrons. The molecule has 1 atom stereocenters. The molecule has 6 nitrogen and oxygen atoms in total. The normalized spacial score (nSPS) is 13.0. The number of rotatable bonds is 18. The second-order valence-electron chi connectivity index (χ2n) is 6.48. The minimum atomic E-state index is -2.61. The zero-order valence-corrected chi connectivity index (χ0v) is 18.3. The summed E-state index contributed by atoms with van der Waals surface area (Å²) in [6.07, 6.45) is 6.63. The van der Waals surface area contributed by atoms with E-state index < -0.39 is 8.80 Å². The fourth-order valence-corrected chi connectivity index (χ4v) is 5.51. The maximum atomic E-state index is 11.9. The third-order valence-corrected chi connectivity index (χ3v) is 7.31. The fraction of sp³-hybridized carbons (Fsp3) is 0.947. The molecule has 0 radical (unpaired) electrons. The van der Waals surface area contributed by atoms with Crippen LogP contribution in [0.3, 0.4) is 0 Å². The van der Waals surface area contributed by atoms with Crippen LogP contribution in [0.5, 0.6) is 0 Å². The summed E-state index contributed by atoms with van der Waals surface area (Å²) in [5.41, 5.74) is 0. The van der Waals surface area contributed by atoms with Crippen LogP contribution < -0.4 is 5.32 Å². The van der Waals surface area contributed by atoms with Crippen LogP contribution in [0.25, 0.3) is 0 Å². The Kier molecular flexibility index (Phi) is 16.4. The molecule has 0 spiro atoms. The number of aliphatic hydroxyl groups is 1. The molecular formula is C19H41NO5Si. The van der Waals surface area contributed by atoms with Gasteiger partial charge in [-0.2, -0.15) is 0 Å². The molecular weight excluding hydrogens is 350 g/mol. The molecule has 0 aliphatic rings. The Morgan fingerprint density at radius 2 is 1.50 bits per heavy atom. The van der Waals surface area contributed by atoms with Crippen LogP contribution in [0.1, 0.15) is 79.1 Å². The van der Waals surface area contributed by atoms with E-state index in [9.17, 15) is 9.90 Å². The summed E-state index contributed by atoms with van der Waals surface area (Å²) in [7, 11) is -2.61. The Balaban J connectivity index is 3.94. The number of carbonyl (C=O) groups excluding carboxylic acids is 1. The van der Waals surface area contributed by atoms with Crippen LogP contribution in [-0.2, 0) is 18.1 Å². The van der Waals surface area contributed by atoms with Crippen molar-refractivity contribution in [2.24, 2.45) is 0 Å². The van der Waals surface area contributed by atoms with Crippen molar-refractivity contribution in [1.82, 2.24) is 5.32 Å². The first-order valence-corrected chi connectivity index (χ1v) is 12.3. The number of hydrogen-bond acceptors (Lipinski definition) is 5. The molecule has 0 aliphatic carbocycles. The average Bonchev–Trinajstić information content (AvgIpc) is 2.60. The Labute approximate surface area is 161 Å². The molecule has 0 heterocycles. The zero-order chi connectivity index (χ0) is 19.7. The molecule has 2 N–H and O–H groups in total. The standard InChI is InChI=1S/C19H41NO5Si/c1-5-9-10-13-18(21)14-11-15-19(22)20-16-12-17-26(23-6-2,24-7-3)25-8-4/h18,21H,5-17H2,1-4H3,(H,20,22). The van der Waals surface area contributed by atoms with Gasteiger partial charge in [-0.3, -0.25) is 4.79 Å². The molecule has 0 aromatic rings. The van der Waals surface area contributed by atoms with Crippen molar-refractivity contribution in [2.45, 2.75) is 91.2 Å². The van der Waals surface area contributed by atoms with Gasteiger partial charge in [-0.15, -0.1) is 0 Å². The predicted molar refractivity (Wildman–Crippen MR) is 107 cm³/mol. The monoisotopic (exact) mass is 391 g/mol. The average molecular weight is 392 g/mol. The highest BCUT2D eigenvalue weighted by molar-refractivity contribution is 6.60. The lowest BCUT2D eigenvalue weighted by atomic mass is 10.1. The van der Waals surface area contributed by atoms with Crippen LogP contribution in [0.2, 0.25) is 6.04 Å². The van der Waals surface area contributed by atoms with Crippen LogP contribution in [0, 0.1) is 0 Å². The van der Waals surface area contributed by atoms with Gasteiger partial charge < -0.3 is 23.7 Å². The second-order valence-corrected chi connectivity index (χ2v) is 9.21. The molecule has 0 bridgehead atoms. The van der Waals surface area contributed by atoms with Gasteiger partial charge in [0.1, 0.15) is 0 Å². The maximum Gasteiger partial charge on any atom is 0.500 e. The molecule has 1 amide bonds. The SMILES string of the molecule is CCCCCC(O)CCCC(=O)NCCC[Si](OCC)(OCC)OCC. The number of amides is 1. The summed E-state index contributed by atoms with van der Waals surface area (Å²) in [6, 6.07) is 0.707. The highest BCUT2D eigenvalue weighted by atomic mass is 28.4. The Morgan fingerprint density at radius 1 is 0.923 bits per heavy atom. The molecule has 0 fully saturated rings. The van der Waals surface area contributed by atoms with E-state index >= 15 is 0 Å². The van der Waals surface area contributed by atoms with Gasteiger partial charge in [0, 0.05) is 38.8 Å². The summed E-state index contributed by atoms with van der Waals surface area (Å²) in [5, 5.41) is 12.8. The van der Waals surface area contributed by atoms with E-state index in [1.807, 2.05) is 20.8 Å². The van der Waals surface area contributed by atoms with Gasteiger partial charge in [0.15, 0.2) is 0 Å². The van der Waals surface area contributed by atoms with E-state index in [4.69, 9.17) is 13.3 Å². The largest absolute Gasteiger partial charge is 0.500 e. The first-order valence-electron chi connectivity index (χ1n) is 10.4. The van der Waals surface area contributed by atoms with Crippen molar-refractivity contribution in [3.05, 3.63) is 0 Å². The molecule has 0 aliphatic heterocycles. The third-order valence-electron chi connectivity index (χ3n) is 4.16. The minimum Gasteiger partial charge on any atom is -0.393 e. The molecule has 26 heavy (non-hydrogen) atoms. The lowest BCUT2D eigenvalue weighted by Crippen LogP contribution is -2.46. The zero-order valence-electron chi connectivity index (χ0n) is 17.3. The minimum absolute atomic E-state index is 0.0438. The highest BCUT2D eigenvalue weighted by Crippen LogP contribution is 2.17. The van der Waals surface area contributed by atoms with Gasteiger partial charge in [-0.05, 0) is 46.5 Å².